The number of pyridine rings is 1. The van der Waals surface area contributed by atoms with E-state index in [-0.39, 0.29) is 5.69 Å². The van der Waals surface area contributed by atoms with Crippen molar-refractivity contribution in [2.45, 2.75) is 6.42 Å². The van der Waals surface area contributed by atoms with Gasteiger partial charge in [0, 0.05) is 23.9 Å². The third-order valence-electron chi connectivity index (χ3n) is 2.52. The number of nitrogens with two attached hydrogens (primary N) is 1. The van der Waals surface area contributed by atoms with E-state index in [1.54, 1.807) is 6.07 Å². The lowest BCUT2D eigenvalue weighted by Crippen LogP contribution is -2.09. The van der Waals surface area contributed by atoms with Gasteiger partial charge in [-0.1, -0.05) is 30.3 Å². The van der Waals surface area contributed by atoms with Crippen molar-refractivity contribution in [1.82, 2.24) is 4.98 Å². The molecule has 1 aromatic carbocycles. The monoisotopic (exact) mass is 228 g/mol. The molecule has 0 amide bonds. The number of aromatic carboxylic acids is 1. The number of aromatic nitrogens is 1. The molecule has 0 radical (unpaired) electrons. The van der Waals surface area contributed by atoms with Crippen LogP contribution in [0, 0.1) is 0 Å². The van der Waals surface area contributed by atoms with Crippen LogP contribution in [0.2, 0.25) is 0 Å². The molecule has 4 nitrogen and oxygen atoms in total. The maximum Gasteiger partial charge on any atom is 0.354 e. The molecule has 0 fully saturated rings. The second-order valence-corrected chi connectivity index (χ2v) is 3.69. The number of carboxylic acid groups (broad SMARTS) is 1. The molecular formula is C13H12N2O2. The average Bonchev–Trinajstić information content (AvgIpc) is 2.33. The minimum Gasteiger partial charge on any atom is -0.477 e. The highest BCUT2D eigenvalue weighted by Crippen LogP contribution is 2.19. The van der Waals surface area contributed by atoms with E-state index in [1.807, 2.05) is 30.3 Å². The molecule has 0 unspecified atom stereocenters. The fourth-order valence-electron chi connectivity index (χ4n) is 1.68. The Kier molecular flexibility index (Phi) is 3.05. The highest BCUT2D eigenvalue weighted by Gasteiger charge is 2.14. The molecule has 1 heterocycles. The molecule has 1 aromatic heterocycles. The zero-order valence-corrected chi connectivity index (χ0v) is 9.13. The van der Waals surface area contributed by atoms with Crippen LogP contribution < -0.4 is 5.73 Å². The standard InChI is InChI=1S/C13H12N2O2/c14-11-6-7-15-12(13(16)17)10(11)8-9-4-2-1-3-5-9/h1-7H,8H2,(H2,14,15)(H,16,17). The second kappa shape index (κ2) is 4.65. The fourth-order valence-corrected chi connectivity index (χ4v) is 1.68. The van der Waals surface area contributed by atoms with Gasteiger partial charge in [-0.15, -0.1) is 0 Å². The summed E-state index contributed by atoms with van der Waals surface area (Å²) in [6, 6.07) is 11.2. The van der Waals surface area contributed by atoms with Crippen LogP contribution in [0.1, 0.15) is 21.6 Å². The van der Waals surface area contributed by atoms with E-state index < -0.39 is 5.97 Å². The number of benzene rings is 1. The summed E-state index contributed by atoms with van der Waals surface area (Å²) in [6.45, 7) is 0. The Balaban J connectivity index is 2.41. The molecule has 0 atom stereocenters. The highest BCUT2D eigenvalue weighted by atomic mass is 16.4. The van der Waals surface area contributed by atoms with E-state index in [9.17, 15) is 4.79 Å². The number of carbonyl (C=O) groups is 1. The predicted octanol–water partition coefficient (Wildman–Crippen LogP) is 1.95. The summed E-state index contributed by atoms with van der Waals surface area (Å²) < 4.78 is 0. The maximum atomic E-state index is 11.0. The summed E-state index contributed by atoms with van der Waals surface area (Å²) in [4.78, 5) is 14.9. The number of rotatable bonds is 3. The van der Waals surface area contributed by atoms with Gasteiger partial charge in [0.1, 0.15) is 0 Å². The molecular weight excluding hydrogens is 216 g/mol. The molecule has 0 aliphatic rings. The molecule has 0 spiro atoms. The molecule has 3 N–H and O–H groups in total. The van der Waals surface area contributed by atoms with Gasteiger partial charge in [-0.25, -0.2) is 9.78 Å². The van der Waals surface area contributed by atoms with Crippen LogP contribution >= 0.6 is 0 Å². The van der Waals surface area contributed by atoms with Crippen molar-refractivity contribution in [3.05, 3.63) is 59.4 Å². The van der Waals surface area contributed by atoms with Gasteiger partial charge in [0.2, 0.25) is 0 Å². The van der Waals surface area contributed by atoms with E-state index in [0.29, 0.717) is 17.7 Å². The second-order valence-electron chi connectivity index (χ2n) is 3.69. The Morgan fingerprint density at radius 1 is 1.24 bits per heavy atom. The van der Waals surface area contributed by atoms with Gasteiger partial charge < -0.3 is 10.8 Å². The molecule has 0 bridgehead atoms. The Bertz CT molecular complexity index is 538. The van der Waals surface area contributed by atoms with Gasteiger partial charge in [-0.05, 0) is 11.6 Å². The van der Waals surface area contributed by atoms with Crippen molar-refractivity contribution in [3.63, 3.8) is 0 Å². The van der Waals surface area contributed by atoms with Crippen LogP contribution in [0.15, 0.2) is 42.6 Å². The molecule has 86 valence electrons. The van der Waals surface area contributed by atoms with Crippen molar-refractivity contribution in [2.24, 2.45) is 0 Å². The van der Waals surface area contributed by atoms with Crippen LogP contribution in [0.25, 0.3) is 0 Å². The Hall–Kier alpha value is -2.36. The van der Waals surface area contributed by atoms with Crippen LogP contribution in [0.5, 0.6) is 0 Å². The molecule has 0 saturated carbocycles. The van der Waals surface area contributed by atoms with Gasteiger partial charge in [0.25, 0.3) is 0 Å². The van der Waals surface area contributed by atoms with Gasteiger partial charge in [-0.3, -0.25) is 0 Å². The first-order valence-corrected chi connectivity index (χ1v) is 5.19. The summed E-state index contributed by atoms with van der Waals surface area (Å²) in [7, 11) is 0. The van der Waals surface area contributed by atoms with Crippen LogP contribution in [-0.2, 0) is 6.42 Å². The number of hydrogen-bond donors (Lipinski definition) is 2. The van der Waals surface area contributed by atoms with E-state index >= 15 is 0 Å². The minimum absolute atomic E-state index is 0.0221. The van der Waals surface area contributed by atoms with Gasteiger partial charge in [0.05, 0.1) is 0 Å². The average molecular weight is 228 g/mol. The van der Waals surface area contributed by atoms with Gasteiger partial charge >= 0.3 is 5.97 Å². The zero-order chi connectivity index (χ0) is 12.3. The first-order chi connectivity index (χ1) is 8.18. The third-order valence-corrected chi connectivity index (χ3v) is 2.52. The zero-order valence-electron chi connectivity index (χ0n) is 9.13. The third kappa shape index (κ3) is 2.42. The number of hydrogen-bond acceptors (Lipinski definition) is 3. The van der Waals surface area contributed by atoms with Crippen molar-refractivity contribution < 1.29 is 9.90 Å². The van der Waals surface area contributed by atoms with Gasteiger partial charge in [0.15, 0.2) is 5.69 Å². The number of nitrogen functional groups attached to an aromatic ring is 1. The Labute approximate surface area is 98.7 Å². The fraction of sp³-hybridized carbons (Fsp3) is 0.0769. The number of carboxylic acids is 1. The first kappa shape index (κ1) is 11.1. The van der Waals surface area contributed by atoms with Crippen LogP contribution in [-0.4, -0.2) is 16.1 Å². The minimum atomic E-state index is -1.05. The molecule has 2 aromatic rings. The van der Waals surface area contributed by atoms with E-state index in [2.05, 4.69) is 4.98 Å². The smallest absolute Gasteiger partial charge is 0.354 e. The molecule has 0 aliphatic carbocycles. The number of nitrogens with zero attached hydrogens (tertiary/aromatic N) is 1. The van der Waals surface area contributed by atoms with E-state index in [4.69, 9.17) is 10.8 Å². The van der Waals surface area contributed by atoms with Crippen LogP contribution in [0.4, 0.5) is 5.69 Å². The highest BCUT2D eigenvalue weighted by molar-refractivity contribution is 5.88. The summed E-state index contributed by atoms with van der Waals surface area (Å²) in [5, 5.41) is 9.05. The Morgan fingerprint density at radius 2 is 1.94 bits per heavy atom. The Morgan fingerprint density at radius 3 is 2.59 bits per heavy atom. The predicted molar refractivity (Wildman–Crippen MR) is 64.9 cm³/mol. The van der Waals surface area contributed by atoms with Crippen molar-refractivity contribution in [2.75, 3.05) is 5.73 Å². The topological polar surface area (TPSA) is 76.2 Å². The summed E-state index contributed by atoms with van der Waals surface area (Å²) in [5.41, 5.74) is 7.86. The molecule has 2 rings (SSSR count). The molecule has 4 heteroatoms. The van der Waals surface area contributed by atoms with Gasteiger partial charge in [-0.2, -0.15) is 0 Å². The lowest BCUT2D eigenvalue weighted by Gasteiger charge is -2.08. The SMILES string of the molecule is Nc1ccnc(C(=O)O)c1Cc1ccccc1. The maximum absolute atomic E-state index is 11.0. The molecule has 0 saturated heterocycles. The quantitative estimate of drug-likeness (QED) is 0.841. The number of anilines is 1. The lowest BCUT2D eigenvalue weighted by atomic mass is 10.0. The van der Waals surface area contributed by atoms with Crippen molar-refractivity contribution in [1.29, 1.82) is 0 Å². The molecule has 0 aliphatic heterocycles. The largest absolute Gasteiger partial charge is 0.477 e. The summed E-state index contributed by atoms with van der Waals surface area (Å²) in [6.07, 6.45) is 1.88. The normalized spacial score (nSPS) is 10.1. The molecule has 17 heavy (non-hydrogen) atoms. The van der Waals surface area contributed by atoms with Crippen LogP contribution in [0.3, 0.4) is 0 Å². The van der Waals surface area contributed by atoms with E-state index in [1.165, 1.54) is 6.20 Å². The van der Waals surface area contributed by atoms with Crippen molar-refractivity contribution >= 4 is 11.7 Å². The summed E-state index contributed by atoms with van der Waals surface area (Å²) >= 11 is 0. The van der Waals surface area contributed by atoms with Crippen molar-refractivity contribution in [3.8, 4) is 0 Å². The first-order valence-electron chi connectivity index (χ1n) is 5.19. The van der Waals surface area contributed by atoms with E-state index in [0.717, 1.165) is 5.56 Å². The summed E-state index contributed by atoms with van der Waals surface area (Å²) in [5.74, 6) is -1.05. The lowest BCUT2D eigenvalue weighted by molar-refractivity contribution is 0.0689.